The molecule has 0 aliphatic rings. The van der Waals surface area contributed by atoms with Gasteiger partial charge in [-0.1, -0.05) is 368 Å². The highest BCUT2D eigenvalue weighted by Gasteiger charge is 2.30. The van der Waals surface area contributed by atoms with E-state index >= 15 is 0 Å². The van der Waals surface area contributed by atoms with E-state index in [0.29, 0.717) is 25.7 Å². The van der Waals surface area contributed by atoms with E-state index in [0.717, 1.165) is 115 Å². The fourth-order valence-electron chi connectivity index (χ4n) is 12.5. The number of allylic oxidation sites excluding steroid dienone is 4. The molecule has 0 saturated carbocycles. The molecular weight excluding hydrogens is 1340 g/mol. The smallest absolute Gasteiger partial charge is 0.462 e. The molecule has 103 heavy (non-hydrogen) atoms. The van der Waals surface area contributed by atoms with Crippen molar-refractivity contribution in [1.29, 1.82) is 0 Å². The van der Waals surface area contributed by atoms with Crippen LogP contribution >= 0.6 is 15.6 Å². The first-order chi connectivity index (χ1) is 49.9. The zero-order chi connectivity index (χ0) is 75.6. The van der Waals surface area contributed by atoms with E-state index in [1.807, 2.05) is 0 Å². The molecule has 7 atom stereocenters. The van der Waals surface area contributed by atoms with E-state index in [1.54, 1.807) is 0 Å². The highest BCUT2D eigenvalue weighted by Crippen LogP contribution is 2.45. The van der Waals surface area contributed by atoms with E-state index in [1.165, 1.54) is 225 Å². The summed E-state index contributed by atoms with van der Waals surface area (Å²) in [4.78, 5) is 73.2. The van der Waals surface area contributed by atoms with Crippen molar-refractivity contribution in [2.45, 2.75) is 439 Å². The van der Waals surface area contributed by atoms with Gasteiger partial charge in [0.05, 0.1) is 26.4 Å². The molecule has 0 aromatic rings. The summed E-state index contributed by atoms with van der Waals surface area (Å²) in [5.74, 6) is -0.516. The topological polar surface area (TPSA) is 237 Å². The molecule has 608 valence electrons. The Kier molecular flexibility index (Phi) is 73.2. The Morgan fingerprint density at radius 3 is 0.825 bits per heavy atom. The number of ether oxygens (including phenoxy) is 4. The number of aliphatic hydroxyl groups excluding tert-OH is 1. The van der Waals surface area contributed by atoms with Gasteiger partial charge in [0.25, 0.3) is 0 Å². The van der Waals surface area contributed by atoms with E-state index in [-0.39, 0.29) is 25.7 Å². The van der Waals surface area contributed by atoms with Gasteiger partial charge in [0.2, 0.25) is 0 Å². The average molecular weight is 1500 g/mol. The molecule has 0 radical (unpaired) electrons. The van der Waals surface area contributed by atoms with Crippen molar-refractivity contribution in [3.05, 3.63) is 24.3 Å². The summed E-state index contributed by atoms with van der Waals surface area (Å²) in [5, 5.41) is 10.7. The first kappa shape index (κ1) is 101. The normalized spacial score (nSPS) is 14.5. The predicted molar refractivity (Wildman–Crippen MR) is 423 cm³/mol. The Morgan fingerprint density at radius 1 is 0.311 bits per heavy atom. The largest absolute Gasteiger partial charge is 0.472 e. The summed E-state index contributed by atoms with van der Waals surface area (Å²) in [6.45, 7) is 9.64. The fraction of sp³-hybridized carbons (Fsp3) is 0.905. The molecule has 0 aromatic carbocycles. The first-order valence-corrected chi connectivity index (χ1v) is 45.9. The van der Waals surface area contributed by atoms with Gasteiger partial charge in [0.15, 0.2) is 12.2 Å². The lowest BCUT2D eigenvalue weighted by Crippen LogP contribution is -2.30. The Hall–Kier alpha value is -2.46. The molecule has 0 aliphatic heterocycles. The van der Waals surface area contributed by atoms with Gasteiger partial charge in [-0.2, -0.15) is 0 Å². The van der Waals surface area contributed by atoms with E-state index in [9.17, 15) is 43.2 Å². The Balaban J connectivity index is 5.30. The number of unbranched alkanes of at least 4 members (excludes halogenated alkanes) is 46. The molecule has 0 bridgehead atoms. The standard InChI is InChI=1S/C84H160O17P2/c1-7-11-13-15-17-19-21-23-25-26-27-29-33-37-41-48-54-60-66-81(86)94-72-79(100-83(88)69-63-57-51-43-39-35-31-30-32-36-40-46-52-58-64-76(5)9-3)74-98-102(90,91)96-70-78(85)71-97-103(92,93)99-75-80(73-95-82(87)67-61-55-49-45-44-47-53-59-65-77(6)10-4)101-84(89)68-62-56-50-42-38-34-28-24-22-20-18-16-14-12-8-2/h20,22,24,28,76-80,85H,7-19,21,23,25-27,29-75H2,1-6H3,(H,90,91)(H,92,93)/b22-20-,28-24-/t76?,77?,78-,79-,80-/m1/s1. The number of rotatable bonds is 81. The van der Waals surface area contributed by atoms with Crippen LogP contribution in [0.1, 0.15) is 420 Å². The number of hydrogen-bond donors (Lipinski definition) is 3. The molecule has 0 aromatic heterocycles. The maximum absolute atomic E-state index is 13.1. The first-order valence-electron chi connectivity index (χ1n) is 42.9. The summed E-state index contributed by atoms with van der Waals surface area (Å²) in [6.07, 6.45) is 68.6. The molecule has 0 spiro atoms. The van der Waals surface area contributed by atoms with Gasteiger partial charge < -0.3 is 33.8 Å². The molecule has 0 rings (SSSR count). The minimum absolute atomic E-state index is 0.0848. The van der Waals surface area contributed by atoms with Crippen LogP contribution < -0.4 is 0 Å². The number of phosphoric ester groups is 2. The van der Waals surface area contributed by atoms with Gasteiger partial charge in [0, 0.05) is 25.7 Å². The zero-order valence-electron chi connectivity index (χ0n) is 67.1. The number of phosphoric acid groups is 2. The minimum atomic E-state index is -4.97. The van der Waals surface area contributed by atoms with Crippen molar-refractivity contribution in [2.75, 3.05) is 39.6 Å². The monoisotopic (exact) mass is 1500 g/mol. The number of esters is 4. The molecule has 19 heteroatoms. The predicted octanol–water partition coefficient (Wildman–Crippen LogP) is 25.0. The molecular formula is C84H160O17P2. The average Bonchev–Trinajstić information content (AvgIpc) is 1.07. The van der Waals surface area contributed by atoms with Gasteiger partial charge in [-0.15, -0.1) is 0 Å². The maximum atomic E-state index is 13.1. The summed E-state index contributed by atoms with van der Waals surface area (Å²) >= 11 is 0. The van der Waals surface area contributed by atoms with Crippen LogP contribution in [-0.4, -0.2) is 96.7 Å². The quantitative estimate of drug-likeness (QED) is 0.0169. The van der Waals surface area contributed by atoms with E-state index in [2.05, 4.69) is 65.8 Å². The third-order valence-electron chi connectivity index (χ3n) is 19.8. The second-order valence-electron chi connectivity index (χ2n) is 30.0. The molecule has 0 saturated heterocycles. The second-order valence-corrected chi connectivity index (χ2v) is 32.9. The Labute approximate surface area is 631 Å². The Bertz CT molecular complexity index is 2070. The van der Waals surface area contributed by atoms with Gasteiger partial charge in [-0.25, -0.2) is 9.13 Å². The number of hydrogen-bond acceptors (Lipinski definition) is 15. The van der Waals surface area contributed by atoms with E-state index < -0.39 is 97.5 Å². The zero-order valence-corrected chi connectivity index (χ0v) is 68.9. The third-order valence-corrected chi connectivity index (χ3v) is 21.7. The van der Waals surface area contributed by atoms with Crippen LogP contribution in [-0.2, 0) is 65.4 Å². The molecule has 4 unspecified atom stereocenters. The van der Waals surface area contributed by atoms with Crippen molar-refractivity contribution in [2.24, 2.45) is 11.8 Å². The van der Waals surface area contributed by atoms with Crippen LogP contribution in [0.15, 0.2) is 24.3 Å². The van der Waals surface area contributed by atoms with Crippen LogP contribution in [0.3, 0.4) is 0 Å². The second kappa shape index (κ2) is 75.0. The fourth-order valence-corrected chi connectivity index (χ4v) is 14.0. The van der Waals surface area contributed by atoms with E-state index in [4.69, 9.17) is 37.0 Å². The van der Waals surface area contributed by atoms with Crippen LogP contribution in [0.4, 0.5) is 0 Å². The summed E-state index contributed by atoms with van der Waals surface area (Å²) in [6, 6.07) is 0. The Morgan fingerprint density at radius 2 is 0.544 bits per heavy atom. The number of aliphatic hydroxyl groups is 1. The van der Waals surface area contributed by atoms with Gasteiger partial charge in [0.1, 0.15) is 19.3 Å². The van der Waals surface area contributed by atoms with Crippen molar-refractivity contribution < 1.29 is 80.2 Å². The lowest BCUT2D eigenvalue weighted by molar-refractivity contribution is -0.161. The van der Waals surface area contributed by atoms with Gasteiger partial charge in [-0.3, -0.25) is 37.3 Å². The van der Waals surface area contributed by atoms with Crippen LogP contribution in [0.5, 0.6) is 0 Å². The molecule has 3 N–H and O–H groups in total. The molecule has 0 heterocycles. The van der Waals surface area contributed by atoms with Crippen molar-refractivity contribution in [3.8, 4) is 0 Å². The highest BCUT2D eigenvalue weighted by molar-refractivity contribution is 7.47. The third kappa shape index (κ3) is 74.8. The van der Waals surface area contributed by atoms with Crippen molar-refractivity contribution in [3.63, 3.8) is 0 Å². The number of carbonyl (C=O) groups is 4. The molecule has 0 amide bonds. The maximum Gasteiger partial charge on any atom is 0.472 e. The van der Waals surface area contributed by atoms with Crippen molar-refractivity contribution >= 4 is 39.5 Å². The van der Waals surface area contributed by atoms with Crippen LogP contribution in [0.2, 0.25) is 0 Å². The molecule has 17 nitrogen and oxygen atoms in total. The molecule has 0 aliphatic carbocycles. The summed E-state index contributed by atoms with van der Waals surface area (Å²) in [7, 11) is -9.94. The lowest BCUT2D eigenvalue weighted by atomic mass is 9.99. The summed E-state index contributed by atoms with van der Waals surface area (Å²) in [5.41, 5.74) is 0. The van der Waals surface area contributed by atoms with Crippen molar-refractivity contribution in [1.82, 2.24) is 0 Å². The molecule has 0 fully saturated rings. The van der Waals surface area contributed by atoms with Crippen LogP contribution in [0, 0.1) is 11.8 Å². The summed E-state index contributed by atoms with van der Waals surface area (Å²) < 4.78 is 68.8. The minimum Gasteiger partial charge on any atom is -0.462 e. The lowest BCUT2D eigenvalue weighted by Gasteiger charge is -2.21. The van der Waals surface area contributed by atoms with Crippen LogP contribution in [0.25, 0.3) is 0 Å². The highest BCUT2D eigenvalue weighted by atomic mass is 31.2. The number of carbonyl (C=O) groups excluding carboxylic acids is 4. The van der Waals surface area contributed by atoms with Gasteiger partial charge in [-0.05, 0) is 63.2 Å². The van der Waals surface area contributed by atoms with Gasteiger partial charge >= 0.3 is 39.5 Å². The SMILES string of the molecule is CCCCCC/C=C\C=C/CCCCCCCC(=O)O[C@H](COC(=O)CCCCCCCCCCC(C)CC)COP(=O)(O)OC[C@H](O)COP(=O)(O)OC[C@@H](COC(=O)CCCCCCCCCCCCCCCCCCCC)OC(=O)CCCCCCCCCCCCCCCCC(C)CC.